The van der Waals surface area contributed by atoms with Gasteiger partial charge >= 0.3 is 5.97 Å². The van der Waals surface area contributed by atoms with Gasteiger partial charge in [-0.1, -0.05) is 0 Å². The second-order valence-electron chi connectivity index (χ2n) is 4.00. The van der Waals surface area contributed by atoms with Crippen molar-refractivity contribution >= 4 is 11.9 Å². The van der Waals surface area contributed by atoms with E-state index in [4.69, 9.17) is 0 Å². The lowest BCUT2D eigenvalue weighted by atomic mass is 10.2. The van der Waals surface area contributed by atoms with Crippen LogP contribution in [0.25, 0.3) is 0 Å². The lowest BCUT2D eigenvalue weighted by Crippen LogP contribution is -2.39. The van der Waals surface area contributed by atoms with Gasteiger partial charge in [-0.3, -0.25) is 4.79 Å². The average molecular weight is 252 g/mol. The lowest BCUT2D eigenvalue weighted by Gasteiger charge is -2.26. The molecule has 0 spiro atoms. The lowest BCUT2D eigenvalue weighted by molar-refractivity contribution is -0.137. The predicted molar refractivity (Wildman–Crippen MR) is 68.7 cm³/mol. The SMILES string of the molecule is CCN(CC)C(=O)CN1C=CC=C(C(=O)OC)C1. The zero-order valence-corrected chi connectivity index (χ0v) is 11.2. The van der Waals surface area contributed by atoms with E-state index >= 15 is 0 Å². The van der Waals surface area contributed by atoms with Gasteiger partial charge in [-0.05, 0) is 32.2 Å². The monoisotopic (exact) mass is 252 g/mol. The standard InChI is InChI=1S/C13H20N2O3/c1-4-15(5-2)12(16)10-14-8-6-7-11(9-14)13(17)18-3/h6-8H,4-5,9-10H2,1-3H3. The molecule has 0 aromatic rings. The highest BCUT2D eigenvalue weighted by atomic mass is 16.5. The number of carbonyl (C=O) groups excluding carboxylic acids is 2. The molecule has 0 fully saturated rings. The Hall–Kier alpha value is -1.78. The van der Waals surface area contributed by atoms with Crippen LogP contribution < -0.4 is 0 Å². The van der Waals surface area contributed by atoms with Crippen molar-refractivity contribution < 1.29 is 14.3 Å². The van der Waals surface area contributed by atoms with Crippen LogP contribution >= 0.6 is 0 Å². The third-order valence-electron chi connectivity index (χ3n) is 2.87. The van der Waals surface area contributed by atoms with Crippen LogP contribution in [0.4, 0.5) is 0 Å². The van der Waals surface area contributed by atoms with Crippen molar-refractivity contribution in [2.75, 3.05) is 33.3 Å². The molecular weight excluding hydrogens is 232 g/mol. The van der Waals surface area contributed by atoms with Gasteiger partial charge in [0.1, 0.15) is 0 Å². The van der Waals surface area contributed by atoms with Gasteiger partial charge in [-0.15, -0.1) is 0 Å². The van der Waals surface area contributed by atoms with Crippen LogP contribution in [0.3, 0.4) is 0 Å². The van der Waals surface area contributed by atoms with Crippen molar-refractivity contribution in [1.82, 2.24) is 9.80 Å². The van der Waals surface area contributed by atoms with Gasteiger partial charge < -0.3 is 14.5 Å². The van der Waals surface area contributed by atoms with Crippen molar-refractivity contribution in [2.45, 2.75) is 13.8 Å². The van der Waals surface area contributed by atoms with Crippen molar-refractivity contribution in [3.8, 4) is 0 Å². The molecule has 1 rings (SSSR count). The maximum atomic E-state index is 11.9. The number of carbonyl (C=O) groups is 2. The van der Waals surface area contributed by atoms with Crippen LogP contribution in [-0.2, 0) is 14.3 Å². The molecule has 0 bridgehead atoms. The Morgan fingerprint density at radius 1 is 1.39 bits per heavy atom. The number of likely N-dealkylation sites (N-methyl/N-ethyl adjacent to an activating group) is 1. The normalized spacial score (nSPS) is 14.2. The molecule has 5 heteroatoms. The Bertz CT molecular complexity index is 370. The molecule has 18 heavy (non-hydrogen) atoms. The minimum Gasteiger partial charge on any atom is -0.466 e. The Kier molecular flexibility index (Phi) is 5.42. The van der Waals surface area contributed by atoms with Gasteiger partial charge in [0, 0.05) is 13.1 Å². The summed E-state index contributed by atoms with van der Waals surface area (Å²) in [6.45, 7) is 6.00. The molecule has 0 unspecified atom stereocenters. The van der Waals surface area contributed by atoms with E-state index in [1.165, 1.54) is 7.11 Å². The first kappa shape index (κ1) is 14.3. The summed E-state index contributed by atoms with van der Waals surface area (Å²) in [7, 11) is 1.35. The molecule has 0 atom stereocenters. The van der Waals surface area contributed by atoms with Gasteiger partial charge in [-0.25, -0.2) is 4.79 Å². The maximum absolute atomic E-state index is 11.9. The van der Waals surface area contributed by atoms with Crippen molar-refractivity contribution in [1.29, 1.82) is 0 Å². The molecule has 1 aliphatic heterocycles. The third-order valence-corrected chi connectivity index (χ3v) is 2.87. The summed E-state index contributed by atoms with van der Waals surface area (Å²) >= 11 is 0. The molecule has 0 aromatic heterocycles. The number of ether oxygens (including phenoxy) is 1. The second kappa shape index (κ2) is 6.83. The number of rotatable bonds is 5. The molecular formula is C13H20N2O3. The fourth-order valence-corrected chi connectivity index (χ4v) is 1.83. The highest BCUT2D eigenvalue weighted by Crippen LogP contribution is 2.09. The van der Waals surface area contributed by atoms with Crippen LogP contribution in [-0.4, -0.2) is 55.0 Å². The molecule has 0 aliphatic carbocycles. The van der Waals surface area contributed by atoms with Crippen molar-refractivity contribution in [3.63, 3.8) is 0 Å². The molecule has 0 aromatic carbocycles. The number of allylic oxidation sites excluding steroid dienone is 2. The smallest absolute Gasteiger partial charge is 0.335 e. The highest BCUT2D eigenvalue weighted by molar-refractivity contribution is 5.89. The summed E-state index contributed by atoms with van der Waals surface area (Å²) in [5, 5.41) is 0. The van der Waals surface area contributed by atoms with Gasteiger partial charge in [0.15, 0.2) is 0 Å². The molecule has 0 radical (unpaired) electrons. The van der Waals surface area contributed by atoms with E-state index in [2.05, 4.69) is 4.74 Å². The first-order valence-corrected chi connectivity index (χ1v) is 6.09. The second-order valence-corrected chi connectivity index (χ2v) is 4.00. The largest absolute Gasteiger partial charge is 0.466 e. The van der Waals surface area contributed by atoms with Gasteiger partial charge in [0.05, 0.1) is 25.8 Å². The topological polar surface area (TPSA) is 49.9 Å². The van der Waals surface area contributed by atoms with Crippen LogP contribution in [0.1, 0.15) is 13.8 Å². The van der Waals surface area contributed by atoms with Gasteiger partial charge in [-0.2, -0.15) is 0 Å². The molecule has 1 amide bonds. The fraction of sp³-hybridized carbons (Fsp3) is 0.538. The quantitative estimate of drug-likeness (QED) is 0.679. The molecule has 0 saturated heterocycles. The van der Waals surface area contributed by atoms with E-state index < -0.39 is 0 Å². The van der Waals surface area contributed by atoms with Gasteiger partial charge in [0.2, 0.25) is 5.91 Å². The molecule has 1 heterocycles. The highest BCUT2D eigenvalue weighted by Gasteiger charge is 2.18. The summed E-state index contributed by atoms with van der Waals surface area (Å²) in [5.74, 6) is -0.282. The first-order valence-electron chi connectivity index (χ1n) is 6.09. The van der Waals surface area contributed by atoms with E-state index in [-0.39, 0.29) is 18.4 Å². The summed E-state index contributed by atoms with van der Waals surface area (Å²) < 4.78 is 4.67. The van der Waals surface area contributed by atoms with Crippen molar-refractivity contribution in [2.24, 2.45) is 0 Å². The minimum absolute atomic E-state index is 0.0655. The fourth-order valence-electron chi connectivity index (χ4n) is 1.83. The summed E-state index contributed by atoms with van der Waals surface area (Å²) in [4.78, 5) is 26.9. The van der Waals surface area contributed by atoms with Crippen LogP contribution in [0, 0.1) is 0 Å². The first-order chi connectivity index (χ1) is 8.62. The van der Waals surface area contributed by atoms with Crippen LogP contribution in [0.2, 0.25) is 0 Å². The Labute approximate surface area is 108 Å². The maximum Gasteiger partial charge on any atom is 0.335 e. The Morgan fingerprint density at radius 2 is 2.06 bits per heavy atom. The average Bonchev–Trinajstić information content (AvgIpc) is 2.39. The molecule has 0 saturated carbocycles. The molecule has 0 N–H and O–H groups in total. The van der Waals surface area contributed by atoms with Crippen molar-refractivity contribution in [3.05, 3.63) is 23.9 Å². The summed E-state index contributed by atoms with van der Waals surface area (Å²) in [6, 6.07) is 0. The number of hydrogen-bond acceptors (Lipinski definition) is 4. The third kappa shape index (κ3) is 3.61. The number of nitrogens with zero attached hydrogens (tertiary/aromatic N) is 2. The van der Waals surface area contributed by atoms with E-state index in [0.29, 0.717) is 25.2 Å². The van der Waals surface area contributed by atoms with E-state index in [9.17, 15) is 9.59 Å². The van der Waals surface area contributed by atoms with E-state index in [0.717, 1.165) is 0 Å². The predicted octanol–water partition coefficient (Wildman–Crippen LogP) is 0.783. The Morgan fingerprint density at radius 3 is 2.61 bits per heavy atom. The number of esters is 1. The zero-order valence-electron chi connectivity index (χ0n) is 11.2. The number of hydrogen-bond donors (Lipinski definition) is 0. The summed E-state index contributed by atoms with van der Waals surface area (Å²) in [6.07, 6.45) is 5.28. The van der Waals surface area contributed by atoms with E-state index in [1.807, 2.05) is 24.9 Å². The number of amides is 1. The summed E-state index contributed by atoms with van der Waals surface area (Å²) in [5.41, 5.74) is 0.562. The zero-order chi connectivity index (χ0) is 13.5. The minimum atomic E-state index is -0.348. The Balaban J connectivity index is 2.56. The van der Waals surface area contributed by atoms with E-state index in [1.54, 1.807) is 17.1 Å². The van der Waals surface area contributed by atoms with Crippen LogP contribution in [0.5, 0.6) is 0 Å². The van der Waals surface area contributed by atoms with Crippen LogP contribution in [0.15, 0.2) is 23.9 Å². The number of methoxy groups -OCH3 is 1. The molecule has 100 valence electrons. The molecule has 5 nitrogen and oxygen atoms in total. The molecule has 1 aliphatic rings. The van der Waals surface area contributed by atoms with Gasteiger partial charge in [0.25, 0.3) is 0 Å².